The first-order valence-corrected chi connectivity index (χ1v) is 7.42. The zero-order chi connectivity index (χ0) is 12.8. The van der Waals surface area contributed by atoms with Gasteiger partial charge < -0.3 is 5.10 Å². The minimum Gasteiger partial charge on any atom is -0.300 e. The largest absolute Gasteiger partial charge is 0.300 e. The van der Waals surface area contributed by atoms with Gasteiger partial charge in [0.05, 0.1) is 16.8 Å². The summed E-state index contributed by atoms with van der Waals surface area (Å²) in [7, 11) is 1.60. The maximum atomic E-state index is 11.3. The number of benzene rings is 1. The van der Waals surface area contributed by atoms with Gasteiger partial charge in [-0.15, -0.1) is 0 Å². The fourth-order valence-electron chi connectivity index (χ4n) is 1.75. The van der Waals surface area contributed by atoms with Gasteiger partial charge in [0, 0.05) is 28.5 Å². The molecule has 0 aliphatic heterocycles. The molecular formula is C11H8ClN3O2S. The number of nitrogens with zero attached hydrogens (tertiary/aromatic N) is 2. The van der Waals surface area contributed by atoms with E-state index in [0.717, 1.165) is 5.65 Å². The maximum absolute atomic E-state index is 11.3. The van der Waals surface area contributed by atoms with Gasteiger partial charge in [0.1, 0.15) is 0 Å². The lowest BCUT2D eigenvalue weighted by Crippen LogP contribution is -1.90. The van der Waals surface area contributed by atoms with E-state index < -0.39 is 9.05 Å². The van der Waals surface area contributed by atoms with Crippen LogP contribution < -0.4 is 0 Å². The predicted octanol–water partition coefficient (Wildman–Crippen LogP) is 2.26. The number of H-pyrrole nitrogens is 1. The van der Waals surface area contributed by atoms with Crippen molar-refractivity contribution in [2.24, 2.45) is 0 Å². The highest BCUT2D eigenvalue weighted by Crippen LogP contribution is 2.23. The molecule has 3 aromatic rings. The number of hydrogen-bond donors (Lipinski definition) is 1. The lowest BCUT2D eigenvalue weighted by atomic mass is 10.2. The van der Waals surface area contributed by atoms with Crippen LogP contribution >= 0.6 is 10.7 Å². The van der Waals surface area contributed by atoms with E-state index in [2.05, 4.69) is 10.1 Å². The van der Waals surface area contributed by atoms with E-state index >= 15 is 0 Å². The van der Waals surface area contributed by atoms with E-state index in [0.29, 0.717) is 11.3 Å². The molecule has 2 heterocycles. The SMILES string of the molecule is O=S(=O)(Cl)c1cccc(-c2cn3[nH]ccc3n2)c1. The molecule has 92 valence electrons. The van der Waals surface area contributed by atoms with Crippen LogP contribution in [0.15, 0.2) is 47.6 Å². The lowest BCUT2D eigenvalue weighted by Gasteiger charge is -1.99. The highest BCUT2D eigenvalue weighted by molar-refractivity contribution is 8.13. The Morgan fingerprint density at radius 3 is 2.83 bits per heavy atom. The van der Waals surface area contributed by atoms with E-state index in [1.807, 2.05) is 6.07 Å². The Hall–Kier alpha value is -1.79. The average molecular weight is 282 g/mol. The van der Waals surface area contributed by atoms with Gasteiger partial charge in [-0.1, -0.05) is 12.1 Å². The van der Waals surface area contributed by atoms with Crippen molar-refractivity contribution in [3.05, 3.63) is 42.7 Å². The van der Waals surface area contributed by atoms with Crippen LogP contribution in [0.1, 0.15) is 0 Å². The molecule has 0 aliphatic carbocycles. The fraction of sp³-hybridized carbons (Fsp3) is 0. The van der Waals surface area contributed by atoms with Crippen molar-refractivity contribution >= 4 is 25.4 Å². The van der Waals surface area contributed by atoms with Crippen molar-refractivity contribution in [3.63, 3.8) is 0 Å². The highest BCUT2D eigenvalue weighted by Gasteiger charge is 2.12. The van der Waals surface area contributed by atoms with Gasteiger partial charge in [0.2, 0.25) is 0 Å². The van der Waals surface area contributed by atoms with Crippen LogP contribution in [0, 0.1) is 0 Å². The second-order valence-electron chi connectivity index (χ2n) is 3.78. The van der Waals surface area contributed by atoms with Crippen LogP contribution in [-0.4, -0.2) is 23.0 Å². The number of nitrogens with one attached hydrogen (secondary N) is 1. The predicted molar refractivity (Wildman–Crippen MR) is 68.0 cm³/mol. The number of aromatic nitrogens is 3. The first-order valence-electron chi connectivity index (χ1n) is 5.12. The molecule has 0 aliphatic rings. The van der Waals surface area contributed by atoms with Crippen LogP contribution in [0.3, 0.4) is 0 Å². The van der Waals surface area contributed by atoms with Crippen LogP contribution in [-0.2, 0) is 9.05 Å². The summed E-state index contributed by atoms with van der Waals surface area (Å²) in [5.41, 5.74) is 2.15. The van der Waals surface area contributed by atoms with Crippen LogP contribution in [0.4, 0.5) is 0 Å². The van der Waals surface area contributed by atoms with Gasteiger partial charge in [-0.05, 0) is 12.1 Å². The zero-order valence-electron chi connectivity index (χ0n) is 9.04. The smallest absolute Gasteiger partial charge is 0.261 e. The Bertz CT molecular complexity index is 791. The first-order chi connectivity index (χ1) is 8.54. The first kappa shape index (κ1) is 11.3. The van der Waals surface area contributed by atoms with Gasteiger partial charge in [0.15, 0.2) is 5.65 Å². The standard InChI is InChI=1S/C11H8ClN3O2S/c12-18(16,17)9-3-1-2-8(6-9)10-7-15-11(14-10)4-5-13-15/h1-7,13H. The Kier molecular flexibility index (Phi) is 2.42. The summed E-state index contributed by atoms with van der Waals surface area (Å²) >= 11 is 0. The maximum Gasteiger partial charge on any atom is 0.261 e. The Morgan fingerprint density at radius 2 is 2.11 bits per heavy atom. The number of fused-ring (bicyclic) bond motifs is 1. The molecule has 2 aromatic heterocycles. The second kappa shape index (κ2) is 3.86. The third-order valence-electron chi connectivity index (χ3n) is 2.59. The monoisotopic (exact) mass is 281 g/mol. The number of rotatable bonds is 2. The van der Waals surface area contributed by atoms with Gasteiger partial charge in [-0.3, -0.25) is 0 Å². The molecule has 5 nitrogen and oxygen atoms in total. The van der Waals surface area contributed by atoms with E-state index in [9.17, 15) is 8.42 Å². The van der Waals surface area contributed by atoms with Gasteiger partial charge in [-0.2, -0.15) is 0 Å². The quantitative estimate of drug-likeness (QED) is 0.733. The van der Waals surface area contributed by atoms with E-state index in [1.54, 1.807) is 29.0 Å². The number of hydrogen-bond acceptors (Lipinski definition) is 3. The summed E-state index contributed by atoms with van der Waals surface area (Å²) in [5.74, 6) is 0. The summed E-state index contributed by atoms with van der Waals surface area (Å²) in [5, 5.41) is 2.96. The average Bonchev–Trinajstić information content (AvgIpc) is 2.88. The van der Waals surface area contributed by atoms with Crippen molar-refractivity contribution in [3.8, 4) is 11.3 Å². The molecule has 0 saturated heterocycles. The Labute approximate surface area is 107 Å². The molecular weight excluding hydrogens is 274 g/mol. The summed E-state index contributed by atoms with van der Waals surface area (Å²) in [4.78, 5) is 4.43. The molecule has 0 amide bonds. The van der Waals surface area contributed by atoms with Crippen molar-refractivity contribution in [2.45, 2.75) is 4.90 Å². The molecule has 18 heavy (non-hydrogen) atoms. The van der Waals surface area contributed by atoms with E-state index in [-0.39, 0.29) is 4.90 Å². The normalized spacial score (nSPS) is 12.1. The molecule has 7 heteroatoms. The van der Waals surface area contributed by atoms with Crippen molar-refractivity contribution in [1.82, 2.24) is 14.6 Å². The Morgan fingerprint density at radius 1 is 1.28 bits per heavy atom. The minimum atomic E-state index is -3.72. The van der Waals surface area contributed by atoms with E-state index in [4.69, 9.17) is 10.7 Å². The summed E-state index contributed by atoms with van der Waals surface area (Å²) in [6.07, 6.45) is 3.56. The van der Waals surface area contributed by atoms with Gasteiger partial charge in [0.25, 0.3) is 9.05 Å². The molecule has 0 fully saturated rings. The van der Waals surface area contributed by atoms with Crippen LogP contribution in [0.5, 0.6) is 0 Å². The molecule has 0 atom stereocenters. The van der Waals surface area contributed by atoms with E-state index in [1.165, 1.54) is 12.1 Å². The molecule has 0 radical (unpaired) electrons. The number of imidazole rings is 1. The molecule has 0 spiro atoms. The van der Waals surface area contributed by atoms with Crippen molar-refractivity contribution in [2.75, 3.05) is 0 Å². The molecule has 1 aromatic carbocycles. The molecule has 0 bridgehead atoms. The Balaban J connectivity index is 2.15. The summed E-state index contributed by atoms with van der Waals surface area (Å²) in [6, 6.07) is 8.20. The third-order valence-corrected chi connectivity index (χ3v) is 3.94. The summed E-state index contributed by atoms with van der Waals surface area (Å²) in [6.45, 7) is 0. The lowest BCUT2D eigenvalue weighted by molar-refractivity contribution is 0.609. The highest BCUT2D eigenvalue weighted by atomic mass is 35.7. The molecule has 0 unspecified atom stereocenters. The van der Waals surface area contributed by atoms with Crippen molar-refractivity contribution < 1.29 is 8.42 Å². The third kappa shape index (κ3) is 1.89. The summed E-state index contributed by atoms with van der Waals surface area (Å²) < 4.78 is 24.3. The fourth-order valence-corrected chi connectivity index (χ4v) is 2.55. The number of aromatic amines is 1. The molecule has 3 rings (SSSR count). The molecule has 1 N–H and O–H groups in total. The van der Waals surface area contributed by atoms with Gasteiger partial charge in [-0.25, -0.2) is 17.9 Å². The number of halogens is 1. The second-order valence-corrected chi connectivity index (χ2v) is 6.35. The van der Waals surface area contributed by atoms with Crippen molar-refractivity contribution in [1.29, 1.82) is 0 Å². The van der Waals surface area contributed by atoms with Gasteiger partial charge >= 0.3 is 0 Å². The van der Waals surface area contributed by atoms with Crippen LogP contribution in [0.25, 0.3) is 16.9 Å². The topological polar surface area (TPSA) is 67.2 Å². The zero-order valence-corrected chi connectivity index (χ0v) is 10.6. The molecule has 0 saturated carbocycles. The van der Waals surface area contributed by atoms with Crippen LogP contribution in [0.2, 0.25) is 0 Å². The minimum absolute atomic E-state index is 0.0679.